The second-order valence-corrected chi connectivity index (χ2v) is 8.72. The summed E-state index contributed by atoms with van der Waals surface area (Å²) in [4.78, 5) is 0. The molecular weight excluding hydrogens is 420 g/mol. The molecular formula is C35H48. The fourth-order valence-corrected chi connectivity index (χ4v) is 3.04. The lowest BCUT2D eigenvalue weighted by Gasteiger charge is -1.96. The number of hydrogen-bond acceptors (Lipinski definition) is 0. The van der Waals surface area contributed by atoms with Gasteiger partial charge >= 0.3 is 0 Å². The Kier molecular flexibility index (Phi) is 17.5. The van der Waals surface area contributed by atoms with Crippen LogP contribution < -0.4 is 0 Å². The molecule has 4 aromatic rings. The molecule has 0 heteroatoms. The molecule has 0 radical (unpaired) electrons. The molecule has 0 amide bonds. The molecule has 0 aliphatic rings. The van der Waals surface area contributed by atoms with Gasteiger partial charge in [0.25, 0.3) is 0 Å². The van der Waals surface area contributed by atoms with Crippen molar-refractivity contribution in [1.82, 2.24) is 0 Å². The molecule has 0 atom stereocenters. The van der Waals surface area contributed by atoms with Crippen LogP contribution in [0.2, 0.25) is 0 Å². The zero-order valence-electron chi connectivity index (χ0n) is 23.6. The monoisotopic (exact) mass is 468 g/mol. The van der Waals surface area contributed by atoms with Crippen LogP contribution in [0.25, 0.3) is 21.5 Å². The second-order valence-electron chi connectivity index (χ2n) is 8.72. The third-order valence-electron chi connectivity index (χ3n) is 5.09. The Bertz CT molecular complexity index is 1050. The molecule has 0 aliphatic carbocycles. The maximum Gasteiger partial charge on any atom is -0.0181 e. The van der Waals surface area contributed by atoms with Crippen molar-refractivity contribution in [2.45, 2.75) is 74.7 Å². The van der Waals surface area contributed by atoms with Crippen LogP contribution in [0.5, 0.6) is 0 Å². The molecule has 0 aromatic heterocycles. The molecule has 0 heterocycles. The lowest BCUT2D eigenvalue weighted by molar-refractivity contribution is 0.910. The molecule has 0 saturated heterocycles. The highest BCUT2D eigenvalue weighted by Gasteiger charge is 1.90. The number of rotatable bonds is 3. The minimum Gasteiger partial charge on any atom is -0.100 e. The second kappa shape index (κ2) is 19.2. The molecule has 0 unspecified atom stereocenters. The van der Waals surface area contributed by atoms with Gasteiger partial charge in [-0.05, 0) is 62.1 Å². The van der Waals surface area contributed by atoms with Crippen molar-refractivity contribution >= 4 is 21.5 Å². The van der Waals surface area contributed by atoms with E-state index >= 15 is 0 Å². The van der Waals surface area contributed by atoms with Crippen LogP contribution in [-0.4, -0.2) is 0 Å². The molecule has 0 nitrogen and oxygen atoms in total. The quantitative estimate of drug-likeness (QED) is 0.262. The van der Waals surface area contributed by atoms with Crippen molar-refractivity contribution < 1.29 is 0 Å². The number of hydrogen-bond donors (Lipinski definition) is 0. The summed E-state index contributed by atoms with van der Waals surface area (Å²) in [6.07, 6.45) is 3.52. The molecule has 4 aromatic carbocycles. The fourth-order valence-electron chi connectivity index (χ4n) is 3.04. The lowest BCUT2D eigenvalue weighted by atomic mass is 10.1. The van der Waals surface area contributed by atoms with Gasteiger partial charge < -0.3 is 0 Å². The highest BCUT2D eigenvalue weighted by Crippen LogP contribution is 2.15. The van der Waals surface area contributed by atoms with Crippen LogP contribution in [0.1, 0.15) is 71.9 Å². The first-order valence-corrected chi connectivity index (χ1v) is 13.0. The summed E-state index contributed by atoms with van der Waals surface area (Å²) in [5.41, 5.74) is 5.19. The highest BCUT2D eigenvalue weighted by atomic mass is 14.0. The minimum absolute atomic E-state index is 1.11. The van der Waals surface area contributed by atoms with Gasteiger partial charge in [-0.25, -0.2) is 0 Å². The summed E-state index contributed by atoms with van der Waals surface area (Å²) in [6, 6.07) is 29.8. The van der Waals surface area contributed by atoms with Gasteiger partial charge in [0.2, 0.25) is 0 Å². The van der Waals surface area contributed by atoms with E-state index in [1.54, 1.807) is 0 Å². The fraction of sp³-hybridized carbons (Fsp3) is 0.314. The Morgan fingerprint density at radius 3 is 1.17 bits per heavy atom. The number of benzene rings is 4. The van der Waals surface area contributed by atoms with Crippen molar-refractivity contribution in [2.24, 2.45) is 0 Å². The van der Waals surface area contributed by atoms with Gasteiger partial charge in [-0.1, -0.05) is 141 Å². The third kappa shape index (κ3) is 14.7. The van der Waals surface area contributed by atoms with Crippen molar-refractivity contribution in [1.29, 1.82) is 0 Å². The van der Waals surface area contributed by atoms with Gasteiger partial charge in [0.1, 0.15) is 0 Å². The molecule has 4 rings (SSSR count). The van der Waals surface area contributed by atoms with E-state index in [-0.39, 0.29) is 0 Å². The van der Waals surface area contributed by atoms with Crippen LogP contribution in [0, 0.1) is 13.8 Å². The highest BCUT2D eigenvalue weighted by molar-refractivity contribution is 5.83. The maximum absolute atomic E-state index is 3.74. The van der Waals surface area contributed by atoms with Crippen LogP contribution in [0.15, 0.2) is 109 Å². The van der Waals surface area contributed by atoms with Crippen molar-refractivity contribution in [3.05, 3.63) is 120 Å². The average Bonchev–Trinajstić information content (AvgIpc) is 2.86. The van der Waals surface area contributed by atoms with Gasteiger partial charge in [0, 0.05) is 0 Å². The Morgan fingerprint density at radius 1 is 0.571 bits per heavy atom. The van der Waals surface area contributed by atoms with E-state index < -0.39 is 0 Å². The van der Waals surface area contributed by atoms with Crippen LogP contribution in [-0.2, 0) is 0 Å². The normalized spacial score (nSPS) is 9.14. The first-order chi connectivity index (χ1) is 16.8. The molecule has 0 aliphatic heterocycles. The summed E-state index contributed by atoms with van der Waals surface area (Å²) in [7, 11) is 0. The molecule has 0 spiro atoms. The van der Waals surface area contributed by atoms with Gasteiger partial charge in [-0.2, -0.15) is 0 Å². The predicted octanol–water partition coefficient (Wildman–Crippen LogP) is 11.7. The minimum atomic E-state index is 1.11. The van der Waals surface area contributed by atoms with Crippen molar-refractivity contribution in [2.75, 3.05) is 0 Å². The average molecular weight is 469 g/mol. The zero-order valence-corrected chi connectivity index (χ0v) is 23.6. The zero-order chi connectivity index (χ0) is 26.6. The van der Waals surface area contributed by atoms with Crippen LogP contribution >= 0.6 is 0 Å². The van der Waals surface area contributed by atoms with E-state index in [4.69, 9.17) is 0 Å². The van der Waals surface area contributed by atoms with E-state index in [2.05, 4.69) is 133 Å². The molecule has 0 fully saturated rings. The Balaban J connectivity index is 0.000000454. The van der Waals surface area contributed by atoms with Crippen LogP contribution in [0.4, 0.5) is 0 Å². The van der Waals surface area contributed by atoms with E-state index in [0.717, 1.165) is 6.42 Å². The van der Waals surface area contributed by atoms with E-state index in [1.807, 2.05) is 20.8 Å². The third-order valence-corrected chi connectivity index (χ3v) is 5.09. The molecule has 35 heavy (non-hydrogen) atoms. The summed E-state index contributed by atoms with van der Waals surface area (Å²) in [5.74, 6) is 0. The first kappa shape index (κ1) is 31.9. The number of fused-ring (bicyclic) bond motifs is 2. The Labute approximate surface area is 216 Å². The van der Waals surface area contributed by atoms with Gasteiger partial charge in [0.05, 0.1) is 0 Å². The molecule has 188 valence electrons. The first-order valence-electron chi connectivity index (χ1n) is 13.0. The molecule has 0 N–H and O–H groups in total. The largest absolute Gasteiger partial charge is 0.100 e. The van der Waals surface area contributed by atoms with E-state index in [0.29, 0.717) is 0 Å². The lowest BCUT2D eigenvalue weighted by Crippen LogP contribution is -1.73. The SMILES string of the molecule is C=C(C)CC.C=C(C)CCC.CC.Cc1ccc2ccccc2c1.Cc1ccc2ccccc2c1. The smallest absolute Gasteiger partial charge is 0.0181 e. The number of aryl methyl sites for hydroxylation is 2. The van der Waals surface area contributed by atoms with Gasteiger partial charge in [0.15, 0.2) is 0 Å². The number of allylic oxidation sites excluding steroid dienone is 2. The topological polar surface area (TPSA) is 0 Å². The maximum atomic E-state index is 3.74. The summed E-state index contributed by atoms with van der Waals surface area (Å²) in [6.45, 7) is 24.0. The van der Waals surface area contributed by atoms with E-state index in [1.165, 1.54) is 56.7 Å². The van der Waals surface area contributed by atoms with E-state index in [9.17, 15) is 0 Å². The van der Waals surface area contributed by atoms with Crippen LogP contribution in [0.3, 0.4) is 0 Å². The van der Waals surface area contributed by atoms with Crippen molar-refractivity contribution in [3.8, 4) is 0 Å². The Morgan fingerprint density at radius 2 is 0.914 bits per heavy atom. The summed E-state index contributed by atoms with van der Waals surface area (Å²) in [5, 5.41) is 5.29. The standard InChI is InChI=1S/2C11H10.C6H12.C5H10.C2H6/c2*1-9-6-7-10-4-2-3-5-11(10)8-9;1-4-5-6(2)3;1-4-5(2)3;1-2/h2*2-8H,1H3;2,4-5H2,1,3H3;2,4H2,1,3H3;1-2H3. The predicted molar refractivity (Wildman–Crippen MR) is 164 cm³/mol. The van der Waals surface area contributed by atoms with Gasteiger partial charge in [-0.15, -0.1) is 13.2 Å². The summed E-state index contributed by atoms with van der Waals surface area (Å²) < 4.78 is 0. The molecule has 0 bridgehead atoms. The van der Waals surface area contributed by atoms with Gasteiger partial charge in [-0.3, -0.25) is 0 Å². The molecule has 0 saturated carbocycles. The Hall–Kier alpha value is -3.12. The van der Waals surface area contributed by atoms with Crippen molar-refractivity contribution in [3.63, 3.8) is 0 Å². The summed E-state index contributed by atoms with van der Waals surface area (Å²) >= 11 is 0.